The lowest BCUT2D eigenvalue weighted by atomic mass is 10.1. The number of hydrogen-bond acceptors (Lipinski definition) is 4. The molecule has 0 radical (unpaired) electrons. The van der Waals surface area contributed by atoms with Crippen LogP contribution in [-0.2, 0) is 6.61 Å². The Kier molecular flexibility index (Phi) is 2.19. The highest BCUT2D eigenvalue weighted by atomic mass is 32.1. The van der Waals surface area contributed by atoms with Crippen LogP contribution in [0.4, 0.5) is 5.69 Å². The predicted molar refractivity (Wildman–Crippen MR) is 59.4 cm³/mol. The summed E-state index contributed by atoms with van der Waals surface area (Å²) in [5.74, 6) is 0. The standard InChI is InChI=1S/C9H9NOS2/c10-7-2-1-5-8(12)4-13-9(5)6(7)3-11/h1-2,4,11-12H,3,10H2. The molecule has 0 spiro atoms. The van der Waals surface area contributed by atoms with Crippen molar-refractivity contribution in [2.24, 2.45) is 0 Å². The molecule has 2 aromatic rings. The number of aliphatic hydroxyl groups excluding tert-OH is 1. The monoisotopic (exact) mass is 211 g/mol. The fraction of sp³-hybridized carbons (Fsp3) is 0.111. The number of aliphatic hydroxyl groups is 1. The minimum Gasteiger partial charge on any atom is -0.398 e. The molecule has 2 rings (SSSR count). The normalized spacial score (nSPS) is 10.9. The van der Waals surface area contributed by atoms with E-state index in [0.717, 1.165) is 20.5 Å². The fourth-order valence-corrected chi connectivity index (χ4v) is 2.73. The second kappa shape index (κ2) is 3.21. The quantitative estimate of drug-likeness (QED) is 0.500. The minimum atomic E-state index is -0.0170. The van der Waals surface area contributed by atoms with Crippen molar-refractivity contribution < 1.29 is 5.11 Å². The first-order chi connectivity index (χ1) is 6.24. The number of rotatable bonds is 1. The summed E-state index contributed by atoms with van der Waals surface area (Å²) in [7, 11) is 0. The summed E-state index contributed by atoms with van der Waals surface area (Å²) < 4.78 is 1.03. The van der Waals surface area contributed by atoms with Crippen LogP contribution in [0.3, 0.4) is 0 Å². The van der Waals surface area contributed by atoms with Crippen LogP contribution in [0.2, 0.25) is 0 Å². The molecule has 0 fully saturated rings. The molecule has 4 heteroatoms. The number of benzene rings is 1. The lowest BCUT2D eigenvalue weighted by Crippen LogP contribution is -1.93. The maximum atomic E-state index is 9.13. The van der Waals surface area contributed by atoms with Crippen LogP contribution in [-0.4, -0.2) is 5.11 Å². The van der Waals surface area contributed by atoms with Gasteiger partial charge in [-0.2, -0.15) is 0 Å². The topological polar surface area (TPSA) is 46.2 Å². The molecular weight excluding hydrogens is 202 g/mol. The summed E-state index contributed by atoms with van der Waals surface area (Å²) in [6.07, 6.45) is 0. The van der Waals surface area contributed by atoms with Gasteiger partial charge in [0.1, 0.15) is 0 Å². The first-order valence-corrected chi connectivity index (χ1v) is 5.15. The van der Waals surface area contributed by atoms with Gasteiger partial charge in [-0.3, -0.25) is 0 Å². The summed E-state index contributed by atoms with van der Waals surface area (Å²) >= 11 is 5.87. The molecule has 1 aromatic heterocycles. The molecule has 0 bridgehead atoms. The van der Waals surface area contributed by atoms with E-state index < -0.39 is 0 Å². The number of nitrogen functional groups attached to an aromatic ring is 1. The zero-order chi connectivity index (χ0) is 9.42. The number of hydrogen-bond donors (Lipinski definition) is 3. The first kappa shape index (κ1) is 8.87. The molecule has 1 aromatic carbocycles. The van der Waals surface area contributed by atoms with Gasteiger partial charge >= 0.3 is 0 Å². The van der Waals surface area contributed by atoms with E-state index in [2.05, 4.69) is 12.6 Å². The third-order valence-electron chi connectivity index (χ3n) is 2.02. The molecule has 0 saturated carbocycles. The molecule has 0 aliphatic heterocycles. The van der Waals surface area contributed by atoms with Gasteiger partial charge in [0.25, 0.3) is 0 Å². The lowest BCUT2D eigenvalue weighted by Gasteiger charge is -2.03. The SMILES string of the molecule is Nc1ccc2c(S)csc2c1CO. The Labute approximate surface area is 85.4 Å². The highest BCUT2D eigenvalue weighted by Crippen LogP contribution is 2.33. The van der Waals surface area contributed by atoms with Crippen LogP contribution < -0.4 is 5.73 Å². The second-order valence-corrected chi connectivity index (χ2v) is 4.15. The van der Waals surface area contributed by atoms with Gasteiger partial charge in [0.15, 0.2) is 0 Å². The maximum absolute atomic E-state index is 9.13. The third-order valence-corrected chi connectivity index (χ3v) is 3.62. The van der Waals surface area contributed by atoms with Crippen molar-refractivity contribution in [2.45, 2.75) is 11.5 Å². The number of anilines is 1. The summed E-state index contributed by atoms with van der Waals surface area (Å²) in [5.41, 5.74) is 7.18. The summed E-state index contributed by atoms with van der Waals surface area (Å²) in [6.45, 7) is -0.0170. The Morgan fingerprint density at radius 2 is 2.23 bits per heavy atom. The Hall–Kier alpha value is -0.710. The number of fused-ring (bicyclic) bond motifs is 1. The molecule has 13 heavy (non-hydrogen) atoms. The summed E-state index contributed by atoms with van der Waals surface area (Å²) in [4.78, 5) is 0.940. The average molecular weight is 211 g/mol. The van der Waals surface area contributed by atoms with E-state index in [0.29, 0.717) is 5.69 Å². The minimum absolute atomic E-state index is 0.0170. The van der Waals surface area contributed by atoms with E-state index in [1.54, 1.807) is 17.4 Å². The van der Waals surface area contributed by atoms with Crippen molar-refractivity contribution in [1.82, 2.24) is 0 Å². The van der Waals surface area contributed by atoms with Crippen molar-refractivity contribution in [2.75, 3.05) is 5.73 Å². The molecule has 0 saturated heterocycles. The van der Waals surface area contributed by atoms with Crippen LogP contribution in [0.15, 0.2) is 22.4 Å². The predicted octanol–water partition coefficient (Wildman–Crippen LogP) is 2.26. The maximum Gasteiger partial charge on any atom is 0.0716 e. The largest absolute Gasteiger partial charge is 0.398 e. The molecule has 3 N–H and O–H groups in total. The molecule has 2 nitrogen and oxygen atoms in total. The zero-order valence-corrected chi connectivity index (χ0v) is 8.53. The van der Waals surface area contributed by atoms with E-state index in [9.17, 15) is 0 Å². The van der Waals surface area contributed by atoms with Gasteiger partial charge in [-0.05, 0) is 6.07 Å². The smallest absolute Gasteiger partial charge is 0.0716 e. The van der Waals surface area contributed by atoms with Gasteiger partial charge in [-0.1, -0.05) is 6.07 Å². The zero-order valence-electron chi connectivity index (χ0n) is 6.82. The second-order valence-electron chi connectivity index (χ2n) is 2.79. The van der Waals surface area contributed by atoms with Crippen LogP contribution >= 0.6 is 24.0 Å². The van der Waals surface area contributed by atoms with Gasteiger partial charge in [0.2, 0.25) is 0 Å². The van der Waals surface area contributed by atoms with E-state index in [1.807, 2.05) is 11.4 Å². The van der Waals surface area contributed by atoms with E-state index in [4.69, 9.17) is 10.8 Å². The third kappa shape index (κ3) is 1.31. The highest BCUT2D eigenvalue weighted by Gasteiger charge is 2.07. The Morgan fingerprint density at radius 1 is 1.46 bits per heavy atom. The van der Waals surface area contributed by atoms with Gasteiger partial charge < -0.3 is 10.8 Å². The van der Waals surface area contributed by atoms with E-state index in [-0.39, 0.29) is 6.61 Å². The molecule has 0 aliphatic carbocycles. The van der Waals surface area contributed by atoms with E-state index in [1.165, 1.54) is 0 Å². The Balaban J connectivity index is 2.85. The van der Waals surface area contributed by atoms with Crippen molar-refractivity contribution >= 4 is 39.7 Å². The fourth-order valence-electron chi connectivity index (χ4n) is 1.32. The van der Waals surface area contributed by atoms with Crippen LogP contribution in [0.5, 0.6) is 0 Å². The molecule has 0 atom stereocenters. The number of thiophene rings is 1. The van der Waals surface area contributed by atoms with Crippen molar-refractivity contribution in [3.05, 3.63) is 23.1 Å². The highest BCUT2D eigenvalue weighted by molar-refractivity contribution is 7.80. The van der Waals surface area contributed by atoms with Crippen LogP contribution in [0, 0.1) is 0 Å². The van der Waals surface area contributed by atoms with Crippen LogP contribution in [0.1, 0.15) is 5.56 Å². The van der Waals surface area contributed by atoms with Gasteiger partial charge in [0, 0.05) is 31.6 Å². The Bertz CT molecular complexity index is 450. The number of nitrogens with two attached hydrogens (primary N) is 1. The molecule has 0 aliphatic rings. The Morgan fingerprint density at radius 3 is 2.92 bits per heavy atom. The molecule has 68 valence electrons. The molecule has 0 amide bonds. The average Bonchev–Trinajstić information content (AvgIpc) is 2.48. The summed E-state index contributed by atoms with van der Waals surface area (Å²) in [6, 6.07) is 3.74. The molecular formula is C9H9NOS2. The van der Waals surface area contributed by atoms with Crippen molar-refractivity contribution in [3.63, 3.8) is 0 Å². The number of thiol groups is 1. The molecule has 0 unspecified atom stereocenters. The molecule has 1 heterocycles. The van der Waals surface area contributed by atoms with Gasteiger partial charge in [-0.25, -0.2) is 0 Å². The van der Waals surface area contributed by atoms with Gasteiger partial charge in [0.05, 0.1) is 6.61 Å². The van der Waals surface area contributed by atoms with Crippen LogP contribution in [0.25, 0.3) is 10.1 Å². The van der Waals surface area contributed by atoms with Crippen molar-refractivity contribution in [1.29, 1.82) is 0 Å². The van der Waals surface area contributed by atoms with Gasteiger partial charge in [-0.15, -0.1) is 24.0 Å². The van der Waals surface area contributed by atoms with E-state index >= 15 is 0 Å². The lowest BCUT2D eigenvalue weighted by molar-refractivity contribution is 0.284. The first-order valence-electron chi connectivity index (χ1n) is 3.82. The van der Waals surface area contributed by atoms with Crippen molar-refractivity contribution in [3.8, 4) is 0 Å². The summed E-state index contributed by atoms with van der Waals surface area (Å²) in [5, 5.41) is 12.1.